The summed E-state index contributed by atoms with van der Waals surface area (Å²) in [5.41, 5.74) is -1.63. The predicted molar refractivity (Wildman–Crippen MR) is 187 cm³/mol. The smallest absolute Gasteiger partial charge is 0.348 e. The van der Waals surface area contributed by atoms with Crippen LogP contribution in [0.25, 0.3) is 0 Å². The minimum Gasteiger partial charge on any atom is -0.478 e. The Morgan fingerprint density at radius 3 is 1.23 bits per heavy atom. The van der Waals surface area contributed by atoms with Gasteiger partial charge in [-0.2, -0.15) is 0 Å². The lowest BCUT2D eigenvalue weighted by atomic mass is 9.91. The van der Waals surface area contributed by atoms with E-state index in [1.54, 1.807) is 0 Å². The van der Waals surface area contributed by atoms with E-state index in [4.69, 9.17) is 4.74 Å². The Bertz CT molecular complexity index is 663. The molecule has 2 atom stereocenters. The molecule has 260 valence electrons. The number of aliphatic hydroxyl groups excluding tert-OH is 1. The maximum atomic E-state index is 12.7. The van der Waals surface area contributed by atoms with E-state index in [9.17, 15) is 19.8 Å². The summed E-state index contributed by atoms with van der Waals surface area (Å²) < 4.78 is 5.53. The largest absolute Gasteiger partial charge is 0.478 e. The minimum absolute atomic E-state index is 0.0537. The molecule has 0 aromatic rings. The van der Waals surface area contributed by atoms with Crippen LogP contribution in [-0.4, -0.2) is 33.9 Å². The van der Waals surface area contributed by atoms with Gasteiger partial charge in [-0.3, -0.25) is 0 Å². The second-order valence-corrected chi connectivity index (χ2v) is 13.5. The molecule has 2 unspecified atom stereocenters. The molecule has 0 aliphatic carbocycles. The van der Waals surface area contributed by atoms with Crippen molar-refractivity contribution < 1.29 is 24.5 Å². The van der Waals surface area contributed by atoms with Crippen LogP contribution in [0.3, 0.4) is 0 Å². The molecule has 5 nitrogen and oxygen atoms in total. The zero-order valence-electron chi connectivity index (χ0n) is 29.4. The standard InChI is InChI=1S/C39H74O5/c1-4-7-9-11-13-15-17-19-21-23-25-27-29-31-33-36(40)37(41)44-39(34-6-3,38(42)43)35-32-30-28-26-24-22-20-18-16-14-12-10-8-5-2/h6,36,40H,3-5,7-35H2,1-2H3,(H,42,43). The summed E-state index contributed by atoms with van der Waals surface area (Å²) >= 11 is 0. The highest BCUT2D eigenvalue weighted by Crippen LogP contribution is 2.27. The van der Waals surface area contributed by atoms with Gasteiger partial charge in [0.05, 0.1) is 0 Å². The van der Waals surface area contributed by atoms with Crippen molar-refractivity contribution in [1.82, 2.24) is 0 Å². The first-order chi connectivity index (χ1) is 21.4. The fraction of sp³-hybridized carbons (Fsp3) is 0.897. The second kappa shape index (κ2) is 31.6. The van der Waals surface area contributed by atoms with Crippen LogP contribution in [0.15, 0.2) is 12.7 Å². The number of carboxylic acid groups (broad SMARTS) is 1. The van der Waals surface area contributed by atoms with Gasteiger partial charge in [0.2, 0.25) is 5.60 Å². The summed E-state index contributed by atoms with van der Waals surface area (Å²) in [6.45, 7) is 8.22. The third kappa shape index (κ3) is 24.9. The van der Waals surface area contributed by atoms with Gasteiger partial charge >= 0.3 is 11.9 Å². The second-order valence-electron chi connectivity index (χ2n) is 13.5. The number of hydrogen-bond donors (Lipinski definition) is 2. The Labute approximate surface area is 273 Å². The van der Waals surface area contributed by atoms with Gasteiger partial charge in [-0.1, -0.05) is 193 Å². The zero-order chi connectivity index (χ0) is 32.6. The lowest BCUT2D eigenvalue weighted by molar-refractivity contribution is -0.185. The highest BCUT2D eigenvalue weighted by Gasteiger charge is 2.42. The number of aliphatic hydroxyl groups is 1. The van der Waals surface area contributed by atoms with Crippen molar-refractivity contribution in [3.8, 4) is 0 Å². The monoisotopic (exact) mass is 623 g/mol. The quantitative estimate of drug-likeness (QED) is 0.0417. The van der Waals surface area contributed by atoms with Crippen molar-refractivity contribution in [3.05, 3.63) is 12.7 Å². The molecule has 0 aliphatic rings. The van der Waals surface area contributed by atoms with Crippen molar-refractivity contribution in [2.75, 3.05) is 0 Å². The molecule has 0 radical (unpaired) electrons. The van der Waals surface area contributed by atoms with Gasteiger partial charge in [0.1, 0.15) is 0 Å². The molecule has 5 heteroatoms. The van der Waals surface area contributed by atoms with Crippen LogP contribution in [0, 0.1) is 0 Å². The Morgan fingerprint density at radius 1 is 0.591 bits per heavy atom. The highest BCUT2D eigenvalue weighted by atomic mass is 16.6. The molecular formula is C39H74O5. The van der Waals surface area contributed by atoms with Crippen molar-refractivity contribution in [2.45, 2.75) is 225 Å². The Balaban J connectivity index is 4.05. The number of ether oxygens (including phenoxy) is 1. The van der Waals surface area contributed by atoms with E-state index in [-0.39, 0.29) is 12.8 Å². The molecule has 44 heavy (non-hydrogen) atoms. The third-order valence-electron chi connectivity index (χ3n) is 9.20. The number of hydrogen-bond acceptors (Lipinski definition) is 4. The van der Waals surface area contributed by atoms with Crippen LogP contribution >= 0.6 is 0 Å². The molecule has 0 rings (SSSR count). The first-order valence-electron chi connectivity index (χ1n) is 19.2. The van der Waals surface area contributed by atoms with E-state index in [1.165, 1.54) is 141 Å². The minimum atomic E-state index is -1.63. The number of unbranched alkanes of at least 4 members (excludes halogenated alkanes) is 26. The fourth-order valence-corrected chi connectivity index (χ4v) is 6.18. The van der Waals surface area contributed by atoms with E-state index in [2.05, 4.69) is 20.4 Å². The maximum Gasteiger partial charge on any atom is 0.348 e. The van der Waals surface area contributed by atoms with Crippen molar-refractivity contribution in [3.63, 3.8) is 0 Å². The zero-order valence-corrected chi connectivity index (χ0v) is 29.4. The summed E-state index contributed by atoms with van der Waals surface area (Å²) in [6.07, 6.45) is 35.4. The summed E-state index contributed by atoms with van der Waals surface area (Å²) in [4.78, 5) is 24.9. The number of carbonyl (C=O) groups excluding carboxylic acids is 1. The third-order valence-corrected chi connectivity index (χ3v) is 9.20. The molecule has 0 aromatic heterocycles. The number of carbonyl (C=O) groups is 2. The van der Waals surface area contributed by atoms with Gasteiger partial charge in [-0.15, -0.1) is 6.58 Å². The van der Waals surface area contributed by atoms with Gasteiger partial charge in [0.25, 0.3) is 0 Å². The SMILES string of the molecule is C=CCC(CCCCCCCCCCCCCCCC)(OC(=O)C(O)CCCCCCCCCCCCCCCC)C(=O)O. The van der Waals surface area contributed by atoms with E-state index in [0.717, 1.165) is 38.5 Å². The molecule has 0 aromatic carbocycles. The van der Waals surface area contributed by atoms with E-state index >= 15 is 0 Å². The maximum absolute atomic E-state index is 12.7. The van der Waals surface area contributed by atoms with Crippen molar-refractivity contribution in [1.29, 1.82) is 0 Å². The summed E-state index contributed by atoms with van der Waals surface area (Å²) in [5, 5.41) is 20.4. The van der Waals surface area contributed by atoms with Gasteiger partial charge in [0, 0.05) is 6.42 Å². The Morgan fingerprint density at radius 2 is 0.909 bits per heavy atom. The van der Waals surface area contributed by atoms with Crippen molar-refractivity contribution in [2.24, 2.45) is 0 Å². The fourth-order valence-electron chi connectivity index (χ4n) is 6.18. The highest BCUT2D eigenvalue weighted by molar-refractivity contribution is 5.83. The molecule has 0 spiro atoms. The topological polar surface area (TPSA) is 83.8 Å². The van der Waals surface area contributed by atoms with Crippen LogP contribution in [0.1, 0.15) is 213 Å². The summed E-state index contributed by atoms with van der Waals surface area (Å²) in [6, 6.07) is 0. The molecule has 2 N–H and O–H groups in total. The molecule has 0 saturated heterocycles. The van der Waals surface area contributed by atoms with Gasteiger partial charge < -0.3 is 14.9 Å². The van der Waals surface area contributed by atoms with Gasteiger partial charge in [0.15, 0.2) is 6.10 Å². The van der Waals surface area contributed by atoms with Crippen molar-refractivity contribution >= 4 is 11.9 Å². The summed E-state index contributed by atoms with van der Waals surface area (Å²) in [5.74, 6) is -1.96. The molecule has 0 fully saturated rings. The number of carboxylic acids is 1. The van der Waals surface area contributed by atoms with E-state index in [0.29, 0.717) is 12.8 Å². The predicted octanol–water partition coefficient (Wildman–Crippen LogP) is 12.0. The molecular weight excluding hydrogens is 548 g/mol. The van der Waals surface area contributed by atoms with Crippen LogP contribution in [0.2, 0.25) is 0 Å². The molecule has 0 bridgehead atoms. The Kier molecular flexibility index (Phi) is 30.6. The van der Waals surface area contributed by atoms with Crippen LogP contribution in [0.5, 0.6) is 0 Å². The molecule has 0 saturated carbocycles. The summed E-state index contributed by atoms with van der Waals surface area (Å²) in [7, 11) is 0. The van der Waals surface area contributed by atoms with E-state index in [1.807, 2.05) is 0 Å². The van der Waals surface area contributed by atoms with Gasteiger partial charge in [-0.25, -0.2) is 9.59 Å². The molecule has 0 heterocycles. The molecule has 0 aliphatic heterocycles. The average molecular weight is 623 g/mol. The lowest BCUT2D eigenvalue weighted by Gasteiger charge is -2.29. The Hall–Kier alpha value is -1.36. The average Bonchev–Trinajstić information content (AvgIpc) is 3.01. The number of rotatable bonds is 35. The first kappa shape index (κ1) is 42.6. The van der Waals surface area contributed by atoms with Gasteiger partial charge in [-0.05, 0) is 19.3 Å². The van der Waals surface area contributed by atoms with Crippen LogP contribution in [0.4, 0.5) is 0 Å². The van der Waals surface area contributed by atoms with Crippen LogP contribution < -0.4 is 0 Å². The number of aliphatic carboxylic acids is 1. The normalized spacial score (nSPS) is 13.4. The van der Waals surface area contributed by atoms with Crippen LogP contribution in [-0.2, 0) is 14.3 Å². The first-order valence-corrected chi connectivity index (χ1v) is 19.2. The number of esters is 1. The molecule has 0 amide bonds. The van der Waals surface area contributed by atoms with E-state index < -0.39 is 23.6 Å². The lowest BCUT2D eigenvalue weighted by Crippen LogP contribution is -2.45.